The first kappa shape index (κ1) is 23.2. The molecule has 0 aliphatic carbocycles. The average Bonchev–Trinajstić information content (AvgIpc) is 3.35. The van der Waals surface area contributed by atoms with Gasteiger partial charge in [-0.05, 0) is 37.6 Å². The molecular weight excluding hydrogens is 466 g/mol. The molecule has 3 aromatic rings. The van der Waals surface area contributed by atoms with Gasteiger partial charge in [0.1, 0.15) is 12.9 Å². The van der Waals surface area contributed by atoms with Crippen molar-refractivity contribution in [2.75, 3.05) is 38.5 Å². The molecule has 182 valence electrons. The highest BCUT2D eigenvalue weighted by atomic mass is 32.2. The summed E-state index contributed by atoms with van der Waals surface area (Å²) in [6.45, 7) is 6.20. The second kappa shape index (κ2) is 9.99. The normalized spacial score (nSPS) is 17.4. The lowest BCUT2D eigenvalue weighted by atomic mass is 10.1. The van der Waals surface area contributed by atoms with Crippen LogP contribution in [0.4, 0.5) is 0 Å². The van der Waals surface area contributed by atoms with E-state index >= 15 is 0 Å². The predicted octanol–water partition coefficient (Wildman–Crippen LogP) is 2.49. The first-order valence-electron chi connectivity index (χ1n) is 11.5. The summed E-state index contributed by atoms with van der Waals surface area (Å²) in [6.07, 6.45) is 1.00. The highest BCUT2D eigenvalue weighted by Gasteiger charge is 2.33. The fourth-order valence-corrected chi connectivity index (χ4v) is 5.13. The molecule has 1 atom stereocenters. The number of benzene rings is 2. The van der Waals surface area contributed by atoms with Crippen LogP contribution in [0.3, 0.4) is 0 Å². The predicted molar refractivity (Wildman–Crippen MR) is 131 cm³/mol. The number of piperazine rings is 1. The van der Waals surface area contributed by atoms with E-state index in [1.54, 1.807) is 22.2 Å². The van der Waals surface area contributed by atoms with Gasteiger partial charge in [0.25, 0.3) is 5.91 Å². The SMILES string of the molecule is Cc1ccc(-n2cnnc2SCC(=O)N2CCN(C(=O)C3COc4ccccc4O3)CC2)c(C)c1. The Morgan fingerprint density at radius 3 is 2.54 bits per heavy atom. The van der Waals surface area contributed by atoms with E-state index in [-0.39, 0.29) is 24.2 Å². The minimum Gasteiger partial charge on any atom is -0.485 e. The van der Waals surface area contributed by atoms with E-state index < -0.39 is 6.10 Å². The topological polar surface area (TPSA) is 89.8 Å². The molecule has 3 heterocycles. The van der Waals surface area contributed by atoms with Gasteiger partial charge in [-0.2, -0.15) is 0 Å². The van der Waals surface area contributed by atoms with Gasteiger partial charge in [-0.1, -0.05) is 41.6 Å². The Balaban J connectivity index is 1.13. The van der Waals surface area contributed by atoms with Crippen molar-refractivity contribution in [3.05, 3.63) is 59.9 Å². The Morgan fingerprint density at radius 2 is 1.77 bits per heavy atom. The molecule has 10 heteroatoms. The van der Waals surface area contributed by atoms with Crippen LogP contribution < -0.4 is 9.47 Å². The number of hydrogen-bond donors (Lipinski definition) is 0. The molecule has 1 unspecified atom stereocenters. The van der Waals surface area contributed by atoms with Crippen molar-refractivity contribution in [2.24, 2.45) is 0 Å². The van der Waals surface area contributed by atoms with Crippen LogP contribution >= 0.6 is 11.8 Å². The molecule has 1 saturated heterocycles. The second-order valence-corrected chi connectivity index (χ2v) is 9.57. The lowest BCUT2D eigenvalue weighted by molar-refractivity contribution is -0.145. The van der Waals surface area contributed by atoms with Gasteiger partial charge in [-0.25, -0.2) is 0 Å². The van der Waals surface area contributed by atoms with Crippen LogP contribution in [0, 0.1) is 13.8 Å². The Morgan fingerprint density at radius 1 is 1.03 bits per heavy atom. The van der Waals surface area contributed by atoms with Gasteiger partial charge in [0, 0.05) is 26.2 Å². The zero-order valence-electron chi connectivity index (χ0n) is 19.7. The molecule has 2 aromatic carbocycles. The lowest BCUT2D eigenvalue weighted by Gasteiger charge is -2.37. The highest BCUT2D eigenvalue weighted by molar-refractivity contribution is 7.99. The molecule has 2 amide bonds. The van der Waals surface area contributed by atoms with Crippen LogP contribution in [0.2, 0.25) is 0 Å². The van der Waals surface area contributed by atoms with E-state index in [0.717, 1.165) is 11.3 Å². The average molecular weight is 494 g/mol. The quantitative estimate of drug-likeness (QED) is 0.505. The van der Waals surface area contributed by atoms with Crippen LogP contribution in [0.15, 0.2) is 53.9 Å². The van der Waals surface area contributed by atoms with Crippen molar-refractivity contribution in [1.82, 2.24) is 24.6 Å². The molecule has 0 N–H and O–H groups in total. The lowest BCUT2D eigenvalue weighted by Crippen LogP contribution is -2.55. The van der Waals surface area contributed by atoms with Crippen molar-refractivity contribution >= 4 is 23.6 Å². The Bertz CT molecular complexity index is 1240. The maximum atomic E-state index is 12.9. The summed E-state index contributed by atoms with van der Waals surface area (Å²) < 4.78 is 13.4. The molecule has 0 radical (unpaired) electrons. The summed E-state index contributed by atoms with van der Waals surface area (Å²) >= 11 is 1.37. The van der Waals surface area contributed by atoms with E-state index in [2.05, 4.69) is 23.2 Å². The van der Waals surface area contributed by atoms with Gasteiger partial charge < -0.3 is 19.3 Å². The maximum absolute atomic E-state index is 12.9. The summed E-state index contributed by atoms with van der Waals surface area (Å²) in [5.74, 6) is 1.40. The summed E-state index contributed by atoms with van der Waals surface area (Å²) in [5, 5.41) is 8.92. The molecule has 1 fully saturated rings. The molecule has 2 aliphatic heterocycles. The van der Waals surface area contributed by atoms with Crippen LogP contribution in [0.5, 0.6) is 11.5 Å². The number of carbonyl (C=O) groups excluding carboxylic acids is 2. The van der Waals surface area contributed by atoms with E-state index in [0.29, 0.717) is 42.8 Å². The molecule has 0 spiro atoms. The number of fused-ring (bicyclic) bond motifs is 1. The number of thioether (sulfide) groups is 1. The maximum Gasteiger partial charge on any atom is 0.267 e. The number of hydrogen-bond acceptors (Lipinski definition) is 7. The van der Waals surface area contributed by atoms with Gasteiger partial charge in [-0.15, -0.1) is 10.2 Å². The monoisotopic (exact) mass is 493 g/mol. The van der Waals surface area contributed by atoms with Crippen LogP contribution in [-0.2, 0) is 9.59 Å². The zero-order chi connectivity index (χ0) is 24.4. The fraction of sp³-hybridized carbons (Fsp3) is 0.360. The summed E-state index contributed by atoms with van der Waals surface area (Å²) in [6, 6.07) is 13.5. The molecule has 2 aliphatic rings. The zero-order valence-corrected chi connectivity index (χ0v) is 20.5. The molecule has 0 bridgehead atoms. The van der Waals surface area contributed by atoms with E-state index in [1.807, 2.05) is 41.8 Å². The van der Waals surface area contributed by atoms with Crippen molar-refractivity contribution < 1.29 is 19.1 Å². The third-order valence-electron chi connectivity index (χ3n) is 6.18. The van der Waals surface area contributed by atoms with E-state index in [4.69, 9.17) is 9.47 Å². The third-order valence-corrected chi connectivity index (χ3v) is 7.11. The van der Waals surface area contributed by atoms with Crippen LogP contribution in [0.1, 0.15) is 11.1 Å². The smallest absolute Gasteiger partial charge is 0.267 e. The third kappa shape index (κ3) is 4.97. The van der Waals surface area contributed by atoms with Crippen LogP contribution in [0.25, 0.3) is 5.69 Å². The number of para-hydroxylation sites is 2. The fourth-order valence-electron chi connectivity index (χ4n) is 4.30. The van der Waals surface area contributed by atoms with Crippen molar-refractivity contribution in [2.45, 2.75) is 25.1 Å². The number of aromatic nitrogens is 3. The molecule has 0 saturated carbocycles. The van der Waals surface area contributed by atoms with Gasteiger partial charge in [0.15, 0.2) is 16.7 Å². The molecule has 5 rings (SSSR count). The van der Waals surface area contributed by atoms with Gasteiger partial charge in [0.05, 0.1) is 11.4 Å². The van der Waals surface area contributed by atoms with E-state index in [9.17, 15) is 9.59 Å². The first-order chi connectivity index (χ1) is 17.0. The molecule has 9 nitrogen and oxygen atoms in total. The number of amides is 2. The Labute approximate surface area is 208 Å². The second-order valence-electron chi connectivity index (χ2n) is 8.63. The van der Waals surface area contributed by atoms with Gasteiger partial charge in [-0.3, -0.25) is 14.2 Å². The van der Waals surface area contributed by atoms with Crippen LogP contribution in [-0.4, -0.2) is 81.0 Å². The minimum absolute atomic E-state index is 0.0171. The standard InChI is InChI=1S/C25H27N5O4S/c1-17-7-8-19(18(2)13-17)30-16-26-27-25(30)35-15-23(31)28-9-11-29(12-10-28)24(32)22-14-33-20-5-3-4-6-21(20)34-22/h3-8,13,16,22H,9-12,14-15H2,1-2H3. The number of rotatable bonds is 5. The number of aryl methyl sites for hydroxylation is 2. The Hall–Kier alpha value is -3.53. The Kier molecular flexibility index (Phi) is 6.63. The molecular formula is C25H27N5O4S. The number of nitrogens with zero attached hydrogens (tertiary/aromatic N) is 5. The number of carbonyl (C=O) groups is 2. The van der Waals surface area contributed by atoms with Gasteiger partial charge in [0.2, 0.25) is 12.0 Å². The first-order valence-corrected chi connectivity index (χ1v) is 12.5. The molecule has 1 aromatic heterocycles. The summed E-state index contributed by atoms with van der Waals surface area (Å²) in [4.78, 5) is 29.3. The molecule has 35 heavy (non-hydrogen) atoms. The number of ether oxygens (including phenoxy) is 2. The minimum atomic E-state index is -0.667. The summed E-state index contributed by atoms with van der Waals surface area (Å²) in [5.41, 5.74) is 3.31. The van der Waals surface area contributed by atoms with Gasteiger partial charge >= 0.3 is 0 Å². The van der Waals surface area contributed by atoms with Crippen molar-refractivity contribution in [3.8, 4) is 17.2 Å². The largest absolute Gasteiger partial charge is 0.485 e. The van der Waals surface area contributed by atoms with E-state index in [1.165, 1.54) is 17.3 Å². The van der Waals surface area contributed by atoms with Crippen molar-refractivity contribution in [1.29, 1.82) is 0 Å². The van der Waals surface area contributed by atoms with Crippen molar-refractivity contribution in [3.63, 3.8) is 0 Å². The highest BCUT2D eigenvalue weighted by Crippen LogP contribution is 2.31. The summed E-state index contributed by atoms with van der Waals surface area (Å²) in [7, 11) is 0.